The number of fused-ring (bicyclic) bond motifs is 3. The normalized spacial score (nSPS) is 14.0. The van der Waals surface area contributed by atoms with Crippen molar-refractivity contribution in [3.63, 3.8) is 0 Å². The van der Waals surface area contributed by atoms with Crippen molar-refractivity contribution >= 4 is 38.3 Å². The molecule has 2 amide bonds. The number of nitrogens with zero attached hydrogens (tertiary/aromatic N) is 3. The zero-order valence-corrected chi connectivity index (χ0v) is 12.3. The van der Waals surface area contributed by atoms with Crippen LogP contribution >= 0.6 is 0 Å². The Balaban J connectivity index is 2.77. The van der Waals surface area contributed by atoms with E-state index in [1.807, 2.05) is 0 Å². The molecule has 0 radical (unpaired) electrons. The lowest BCUT2D eigenvalue weighted by Crippen LogP contribution is -2.36. The number of nitro benzene ring substituents is 1. The Kier molecular flexibility index (Phi) is 3.17. The van der Waals surface area contributed by atoms with Crippen LogP contribution in [0.4, 0.5) is 5.69 Å². The third-order valence-corrected chi connectivity index (χ3v) is 4.24. The van der Waals surface area contributed by atoms with Gasteiger partial charge in [0.25, 0.3) is 0 Å². The zero-order valence-electron chi connectivity index (χ0n) is 11.5. The number of aromatic hydroxyl groups is 1. The maximum atomic E-state index is 11.7. The van der Waals surface area contributed by atoms with Crippen LogP contribution < -0.4 is 15.9 Å². The molecule has 1 heterocycles. The van der Waals surface area contributed by atoms with Crippen LogP contribution in [0.1, 0.15) is 0 Å². The average molecular weight is 350 g/mol. The highest BCUT2D eigenvalue weighted by Gasteiger charge is 2.30. The Labute approximate surface area is 131 Å². The Morgan fingerprint density at radius 1 is 1.12 bits per heavy atom. The number of phenolic OH excluding ortho intramolecular Hbond substituents is 1. The molecule has 11 nitrogen and oxygen atoms in total. The number of hydrogen-bond donors (Lipinski definition) is 2. The van der Waals surface area contributed by atoms with Gasteiger partial charge in [-0.05, 0) is 6.07 Å². The third kappa shape index (κ3) is 2.12. The molecular weight excluding hydrogens is 344 g/mol. The fraction of sp³-hybridized carbons (Fsp3) is 0. The number of phenols is 1. The SMILES string of the molecule is NS(=O)(=O)c1cccc2c3c(c(O)c([N+](=O)[O-])c12)=NC(=O)C(=O)N=3. The molecule has 0 spiro atoms. The second kappa shape index (κ2) is 4.87. The van der Waals surface area contributed by atoms with Crippen molar-refractivity contribution in [3.8, 4) is 5.75 Å². The molecule has 0 aliphatic carbocycles. The molecule has 0 unspecified atom stereocenters. The number of primary sulfonamides is 1. The number of sulfonamides is 1. The molecule has 122 valence electrons. The van der Waals surface area contributed by atoms with Crippen LogP contribution in [0.2, 0.25) is 0 Å². The maximum Gasteiger partial charge on any atom is 0.338 e. The molecule has 3 N–H and O–H groups in total. The molecule has 0 saturated heterocycles. The molecule has 0 bridgehead atoms. The van der Waals surface area contributed by atoms with Gasteiger partial charge in [0.2, 0.25) is 15.8 Å². The van der Waals surface area contributed by atoms with E-state index in [1.165, 1.54) is 12.1 Å². The third-order valence-electron chi connectivity index (χ3n) is 3.29. The van der Waals surface area contributed by atoms with Crippen molar-refractivity contribution in [1.82, 2.24) is 0 Å². The topological polar surface area (TPSA) is 182 Å². The summed E-state index contributed by atoms with van der Waals surface area (Å²) in [4.78, 5) is 39.2. The number of nitrogens with two attached hydrogens (primary N) is 1. The molecule has 0 atom stereocenters. The van der Waals surface area contributed by atoms with Gasteiger partial charge in [0.1, 0.15) is 10.7 Å². The lowest BCUT2D eigenvalue weighted by atomic mass is 10.1. The summed E-state index contributed by atoms with van der Waals surface area (Å²) in [6.07, 6.45) is 0. The number of benzene rings is 2. The molecule has 2 aromatic rings. The van der Waals surface area contributed by atoms with E-state index < -0.39 is 53.8 Å². The number of hydrogen-bond acceptors (Lipinski definition) is 7. The molecule has 2 aromatic carbocycles. The number of carbonyl (C=O) groups excluding carboxylic acids is 2. The molecule has 0 fully saturated rings. The maximum absolute atomic E-state index is 11.7. The van der Waals surface area contributed by atoms with Gasteiger partial charge in [-0.3, -0.25) is 19.7 Å². The number of nitro groups is 1. The van der Waals surface area contributed by atoms with Gasteiger partial charge in [-0.1, -0.05) is 12.1 Å². The van der Waals surface area contributed by atoms with Gasteiger partial charge in [0.05, 0.1) is 15.2 Å². The van der Waals surface area contributed by atoms with E-state index in [0.717, 1.165) is 6.07 Å². The van der Waals surface area contributed by atoms with Gasteiger partial charge in [-0.2, -0.15) is 4.99 Å². The summed E-state index contributed by atoms with van der Waals surface area (Å²) in [5.41, 5.74) is -1.01. The van der Waals surface area contributed by atoms with E-state index in [4.69, 9.17) is 5.14 Å². The van der Waals surface area contributed by atoms with Crippen LogP contribution in [0.5, 0.6) is 5.75 Å². The first-order chi connectivity index (χ1) is 11.1. The first-order valence-corrected chi connectivity index (χ1v) is 7.68. The van der Waals surface area contributed by atoms with E-state index in [-0.39, 0.29) is 10.7 Å². The van der Waals surface area contributed by atoms with Gasteiger partial charge < -0.3 is 5.11 Å². The van der Waals surface area contributed by atoms with Crippen LogP contribution in [0.25, 0.3) is 10.8 Å². The molecule has 1 aliphatic rings. The van der Waals surface area contributed by atoms with E-state index in [2.05, 4.69) is 9.98 Å². The fourth-order valence-corrected chi connectivity index (χ4v) is 3.14. The average Bonchev–Trinajstić information content (AvgIpc) is 2.47. The minimum Gasteiger partial charge on any atom is -0.501 e. The number of rotatable bonds is 2. The summed E-state index contributed by atoms with van der Waals surface area (Å²) < 4.78 is 23.4. The van der Waals surface area contributed by atoms with Crippen molar-refractivity contribution in [2.24, 2.45) is 15.1 Å². The molecule has 1 aliphatic heterocycles. The van der Waals surface area contributed by atoms with Gasteiger partial charge >= 0.3 is 17.5 Å². The quantitative estimate of drug-likeness (QED) is 0.371. The largest absolute Gasteiger partial charge is 0.501 e. The number of carbonyl (C=O) groups is 2. The summed E-state index contributed by atoms with van der Waals surface area (Å²) in [7, 11) is -4.39. The van der Waals surface area contributed by atoms with Crippen molar-refractivity contribution in [3.05, 3.63) is 39.0 Å². The summed E-state index contributed by atoms with van der Waals surface area (Å²) in [5, 5.41) is 24.9. The standard InChI is InChI=1S/C12H6N4O7S/c13-24(22,23)5-3-1-2-4-6(5)9(16(20)21)10(17)8-7(4)14-11(18)12(19)15-8/h1-3,17H,(H2,13,22,23). The van der Waals surface area contributed by atoms with Gasteiger partial charge in [0.15, 0.2) is 0 Å². The fourth-order valence-electron chi connectivity index (χ4n) is 2.38. The van der Waals surface area contributed by atoms with Crippen LogP contribution in [0.3, 0.4) is 0 Å². The van der Waals surface area contributed by atoms with Crippen molar-refractivity contribution in [2.45, 2.75) is 4.90 Å². The predicted molar refractivity (Wildman–Crippen MR) is 76.0 cm³/mol. The summed E-state index contributed by atoms with van der Waals surface area (Å²) in [6.45, 7) is 0. The van der Waals surface area contributed by atoms with Crippen LogP contribution in [0, 0.1) is 10.1 Å². The zero-order chi connectivity index (χ0) is 17.8. The lowest BCUT2D eigenvalue weighted by Gasteiger charge is -2.09. The van der Waals surface area contributed by atoms with E-state index in [1.54, 1.807) is 0 Å². The Morgan fingerprint density at radius 2 is 1.71 bits per heavy atom. The summed E-state index contributed by atoms with van der Waals surface area (Å²) in [6, 6.07) is 3.46. The van der Waals surface area contributed by atoms with E-state index >= 15 is 0 Å². The number of amides is 2. The summed E-state index contributed by atoms with van der Waals surface area (Å²) >= 11 is 0. The highest BCUT2D eigenvalue weighted by atomic mass is 32.2. The van der Waals surface area contributed by atoms with Crippen LogP contribution in [-0.4, -0.2) is 30.3 Å². The van der Waals surface area contributed by atoms with Crippen molar-refractivity contribution in [1.29, 1.82) is 0 Å². The van der Waals surface area contributed by atoms with Crippen LogP contribution in [-0.2, 0) is 19.6 Å². The molecule has 0 saturated carbocycles. The monoisotopic (exact) mass is 350 g/mol. The van der Waals surface area contributed by atoms with Gasteiger partial charge in [0, 0.05) is 5.39 Å². The molecule has 3 rings (SSSR count). The smallest absolute Gasteiger partial charge is 0.338 e. The highest BCUT2D eigenvalue weighted by molar-refractivity contribution is 7.89. The molecule has 24 heavy (non-hydrogen) atoms. The highest BCUT2D eigenvalue weighted by Crippen LogP contribution is 2.34. The second-order valence-corrected chi connectivity index (χ2v) is 6.24. The van der Waals surface area contributed by atoms with E-state index in [9.17, 15) is 33.2 Å². The van der Waals surface area contributed by atoms with Crippen molar-refractivity contribution in [2.75, 3.05) is 0 Å². The summed E-state index contributed by atoms with van der Waals surface area (Å²) in [5.74, 6) is -3.64. The Hall–Kier alpha value is -3.25. The minimum absolute atomic E-state index is 0.161. The first-order valence-electron chi connectivity index (χ1n) is 6.13. The predicted octanol–water partition coefficient (Wildman–Crippen LogP) is -1.59. The van der Waals surface area contributed by atoms with Gasteiger partial charge in [-0.15, -0.1) is 0 Å². The molecule has 0 aromatic heterocycles. The second-order valence-electron chi connectivity index (χ2n) is 4.71. The van der Waals surface area contributed by atoms with Gasteiger partial charge in [-0.25, -0.2) is 18.5 Å². The lowest BCUT2D eigenvalue weighted by molar-refractivity contribution is -0.384. The molecule has 12 heteroatoms. The van der Waals surface area contributed by atoms with Crippen LogP contribution in [0.15, 0.2) is 33.1 Å². The Morgan fingerprint density at radius 3 is 2.25 bits per heavy atom. The van der Waals surface area contributed by atoms with E-state index in [0.29, 0.717) is 0 Å². The molecular formula is C12H6N4O7S. The van der Waals surface area contributed by atoms with Crippen molar-refractivity contribution < 1.29 is 28.0 Å². The Bertz CT molecular complexity index is 1200. The first kappa shape index (κ1) is 15.6. The minimum atomic E-state index is -4.39.